The molecule has 1 amide bonds. The van der Waals surface area contributed by atoms with Crippen LogP contribution >= 0.6 is 0 Å². The number of aliphatic hydroxyl groups is 1. The van der Waals surface area contributed by atoms with Crippen LogP contribution in [0.4, 0.5) is 0 Å². The zero-order chi connectivity index (χ0) is 16.3. The summed E-state index contributed by atoms with van der Waals surface area (Å²) in [6.07, 6.45) is 1.62. The van der Waals surface area contributed by atoms with Crippen molar-refractivity contribution in [1.29, 1.82) is 0 Å². The van der Waals surface area contributed by atoms with Crippen molar-refractivity contribution in [3.05, 3.63) is 35.5 Å². The van der Waals surface area contributed by atoms with E-state index < -0.39 is 5.60 Å². The van der Waals surface area contributed by atoms with E-state index in [1.165, 1.54) is 0 Å². The number of para-hydroxylation sites is 1. The maximum atomic E-state index is 12.5. The Morgan fingerprint density at radius 3 is 2.73 bits per heavy atom. The summed E-state index contributed by atoms with van der Waals surface area (Å²) in [6, 6.07) is 7.75. The molecule has 1 aromatic carbocycles. The van der Waals surface area contributed by atoms with Gasteiger partial charge < -0.3 is 15.4 Å². The Hall–Kier alpha value is -1.81. The molecule has 0 radical (unpaired) electrons. The summed E-state index contributed by atoms with van der Waals surface area (Å²) in [5, 5.41) is 14.2. The topological polar surface area (TPSA) is 65.1 Å². The lowest BCUT2D eigenvalue weighted by Gasteiger charge is -2.24. The Balaban J connectivity index is 2.07. The average Bonchev–Trinajstić information content (AvgIpc) is 2.79. The van der Waals surface area contributed by atoms with Gasteiger partial charge in [0.1, 0.15) is 0 Å². The SMILES string of the molecule is Cc1[nH]c2ccccc2c1C(=O)NCC(C)(O)CCC(C)C. The fourth-order valence-corrected chi connectivity index (χ4v) is 2.62. The highest BCUT2D eigenvalue weighted by atomic mass is 16.3. The second-order valence-corrected chi connectivity index (χ2v) is 6.78. The lowest BCUT2D eigenvalue weighted by molar-refractivity contribution is 0.0429. The Kier molecular flexibility index (Phi) is 4.91. The highest BCUT2D eigenvalue weighted by Gasteiger charge is 2.23. The van der Waals surface area contributed by atoms with Gasteiger partial charge in [0.25, 0.3) is 5.91 Å². The van der Waals surface area contributed by atoms with Gasteiger partial charge in [0.05, 0.1) is 11.2 Å². The molecule has 0 aliphatic carbocycles. The molecule has 0 aliphatic rings. The van der Waals surface area contributed by atoms with E-state index in [-0.39, 0.29) is 12.5 Å². The van der Waals surface area contributed by atoms with Crippen molar-refractivity contribution >= 4 is 16.8 Å². The number of H-pyrrole nitrogens is 1. The zero-order valence-electron chi connectivity index (χ0n) is 13.9. The first-order valence-electron chi connectivity index (χ1n) is 7.88. The number of aromatic nitrogens is 1. The molecule has 2 aromatic rings. The summed E-state index contributed by atoms with van der Waals surface area (Å²) in [4.78, 5) is 15.7. The number of hydrogen-bond acceptors (Lipinski definition) is 2. The molecule has 4 heteroatoms. The lowest BCUT2D eigenvalue weighted by Crippen LogP contribution is -2.40. The monoisotopic (exact) mass is 302 g/mol. The third-order valence-corrected chi connectivity index (χ3v) is 4.01. The van der Waals surface area contributed by atoms with Crippen LogP contribution in [0.5, 0.6) is 0 Å². The summed E-state index contributed by atoms with van der Waals surface area (Å²) < 4.78 is 0. The van der Waals surface area contributed by atoms with Crippen LogP contribution in [0.1, 0.15) is 49.7 Å². The second-order valence-electron chi connectivity index (χ2n) is 6.78. The molecule has 0 spiro atoms. The molecule has 1 aromatic heterocycles. The summed E-state index contributed by atoms with van der Waals surface area (Å²) >= 11 is 0. The first-order chi connectivity index (χ1) is 10.3. The summed E-state index contributed by atoms with van der Waals surface area (Å²) in [5.41, 5.74) is 1.59. The van der Waals surface area contributed by atoms with Gasteiger partial charge in [-0.05, 0) is 38.7 Å². The van der Waals surface area contributed by atoms with Crippen LogP contribution in [0.2, 0.25) is 0 Å². The smallest absolute Gasteiger partial charge is 0.253 e. The summed E-state index contributed by atoms with van der Waals surface area (Å²) in [6.45, 7) is 8.19. The molecule has 0 saturated carbocycles. The largest absolute Gasteiger partial charge is 0.388 e. The number of aromatic amines is 1. The number of carbonyl (C=O) groups is 1. The standard InChI is InChI=1S/C18H26N2O2/c1-12(2)9-10-18(4,22)11-19-17(21)16-13(3)20-15-8-6-5-7-14(15)16/h5-8,12,20,22H,9-11H2,1-4H3,(H,19,21). The van der Waals surface area contributed by atoms with Crippen molar-refractivity contribution in [2.75, 3.05) is 6.54 Å². The first kappa shape index (κ1) is 16.6. The summed E-state index contributed by atoms with van der Waals surface area (Å²) in [7, 11) is 0. The van der Waals surface area contributed by atoms with Crippen LogP contribution in [-0.4, -0.2) is 28.1 Å². The number of rotatable bonds is 6. The highest BCUT2D eigenvalue weighted by molar-refractivity contribution is 6.08. The third kappa shape index (κ3) is 3.89. The summed E-state index contributed by atoms with van der Waals surface area (Å²) in [5.74, 6) is 0.401. The molecule has 3 N–H and O–H groups in total. The Morgan fingerprint density at radius 2 is 2.05 bits per heavy atom. The van der Waals surface area contributed by atoms with Crippen LogP contribution in [-0.2, 0) is 0 Å². The van der Waals surface area contributed by atoms with Crippen LogP contribution in [0.3, 0.4) is 0 Å². The van der Waals surface area contributed by atoms with Crippen molar-refractivity contribution in [3.8, 4) is 0 Å². The molecule has 0 aliphatic heterocycles. The van der Waals surface area contributed by atoms with Crippen molar-refractivity contribution < 1.29 is 9.90 Å². The third-order valence-electron chi connectivity index (χ3n) is 4.01. The average molecular weight is 302 g/mol. The maximum Gasteiger partial charge on any atom is 0.253 e. The number of amides is 1. The van der Waals surface area contributed by atoms with Crippen molar-refractivity contribution in [2.24, 2.45) is 5.92 Å². The van der Waals surface area contributed by atoms with Crippen LogP contribution in [0, 0.1) is 12.8 Å². The van der Waals surface area contributed by atoms with E-state index in [4.69, 9.17) is 0 Å². The molecule has 1 unspecified atom stereocenters. The molecule has 22 heavy (non-hydrogen) atoms. The minimum Gasteiger partial charge on any atom is -0.388 e. The van der Waals surface area contributed by atoms with E-state index in [1.807, 2.05) is 31.2 Å². The fraction of sp³-hybridized carbons (Fsp3) is 0.500. The predicted octanol–water partition coefficient (Wildman–Crippen LogP) is 3.39. The molecule has 0 bridgehead atoms. The Labute approximate surface area is 131 Å². The number of aryl methyl sites for hydroxylation is 1. The van der Waals surface area contributed by atoms with E-state index in [2.05, 4.69) is 24.1 Å². The highest BCUT2D eigenvalue weighted by Crippen LogP contribution is 2.22. The number of carbonyl (C=O) groups excluding carboxylic acids is 1. The van der Waals surface area contributed by atoms with Gasteiger partial charge in [-0.25, -0.2) is 0 Å². The number of fused-ring (bicyclic) bond motifs is 1. The first-order valence-corrected chi connectivity index (χ1v) is 7.88. The molecule has 0 saturated heterocycles. The number of benzene rings is 1. The van der Waals surface area contributed by atoms with Gasteiger partial charge in [0.15, 0.2) is 0 Å². The van der Waals surface area contributed by atoms with Gasteiger partial charge in [0, 0.05) is 23.1 Å². The number of hydrogen-bond donors (Lipinski definition) is 3. The molecule has 120 valence electrons. The van der Waals surface area contributed by atoms with Gasteiger partial charge in [-0.1, -0.05) is 32.0 Å². The predicted molar refractivity (Wildman–Crippen MR) is 90.1 cm³/mol. The lowest BCUT2D eigenvalue weighted by atomic mass is 9.95. The number of nitrogens with one attached hydrogen (secondary N) is 2. The Morgan fingerprint density at radius 1 is 1.36 bits per heavy atom. The van der Waals surface area contributed by atoms with E-state index >= 15 is 0 Å². The molecule has 0 fully saturated rings. The maximum absolute atomic E-state index is 12.5. The van der Waals surface area contributed by atoms with Crippen LogP contribution < -0.4 is 5.32 Å². The van der Waals surface area contributed by atoms with E-state index in [0.29, 0.717) is 17.9 Å². The Bertz CT molecular complexity index is 656. The van der Waals surface area contributed by atoms with E-state index in [1.54, 1.807) is 6.92 Å². The van der Waals surface area contributed by atoms with Crippen molar-refractivity contribution in [1.82, 2.24) is 10.3 Å². The van der Waals surface area contributed by atoms with E-state index in [9.17, 15) is 9.90 Å². The minimum absolute atomic E-state index is 0.139. The molecule has 4 nitrogen and oxygen atoms in total. The van der Waals surface area contributed by atoms with Gasteiger partial charge in [0.2, 0.25) is 0 Å². The molecular weight excluding hydrogens is 276 g/mol. The molecule has 1 heterocycles. The van der Waals surface area contributed by atoms with Gasteiger partial charge in [-0.2, -0.15) is 0 Å². The van der Waals surface area contributed by atoms with Crippen LogP contribution in [0.25, 0.3) is 10.9 Å². The molecule has 2 rings (SSSR count). The van der Waals surface area contributed by atoms with Gasteiger partial charge in [-0.3, -0.25) is 4.79 Å². The van der Waals surface area contributed by atoms with Gasteiger partial charge in [-0.15, -0.1) is 0 Å². The quantitative estimate of drug-likeness (QED) is 0.765. The normalized spacial score (nSPS) is 14.3. The molecular formula is C18H26N2O2. The van der Waals surface area contributed by atoms with Gasteiger partial charge >= 0.3 is 0 Å². The van der Waals surface area contributed by atoms with Crippen LogP contribution in [0.15, 0.2) is 24.3 Å². The fourth-order valence-electron chi connectivity index (χ4n) is 2.62. The molecule has 1 atom stereocenters. The minimum atomic E-state index is -0.875. The zero-order valence-corrected chi connectivity index (χ0v) is 13.9. The van der Waals surface area contributed by atoms with Crippen molar-refractivity contribution in [3.63, 3.8) is 0 Å². The second kappa shape index (κ2) is 6.53. The van der Waals surface area contributed by atoms with Crippen molar-refractivity contribution in [2.45, 2.75) is 46.1 Å². The van der Waals surface area contributed by atoms with E-state index in [0.717, 1.165) is 23.0 Å².